The molecular formula is C15H22N2O2S. The van der Waals surface area contributed by atoms with Crippen molar-refractivity contribution in [3.05, 3.63) is 29.8 Å². The van der Waals surface area contributed by atoms with Gasteiger partial charge in [-0.15, -0.1) is 11.8 Å². The number of nitrogens with one attached hydrogen (secondary N) is 2. The number of amides is 1. The Morgan fingerprint density at radius 1 is 1.40 bits per heavy atom. The van der Waals surface area contributed by atoms with Gasteiger partial charge < -0.3 is 15.4 Å². The third-order valence-corrected chi connectivity index (χ3v) is 4.60. The number of carbonyl (C=O) groups is 1. The molecule has 1 aromatic rings. The van der Waals surface area contributed by atoms with Crippen molar-refractivity contribution < 1.29 is 9.53 Å². The van der Waals surface area contributed by atoms with E-state index in [0.717, 1.165) is 18.8 Å². The Balaban J connectivity index is 1.61. The van der Waals surface area contributed by atoms with Crippen molar-refractivity contribution in [3.8, 4) is 0 Å². The van der Waals surface area contributed by atoms with Crippen LogP contribution in [0.2, 0.25) is 0 Å². The summed E-state index contributed by atoms with van der Waals surface area (Å²) < 4.78 is 4.89. The van der Waals surface area contributed by atoms with Crippen LogP contribution in [0.5, 0.6) is 0 Å². The highest BCUT2D eigenvalue weighted by molar-refractivity contribution is 7.99. The van der Waals surface area contributed by atoms with Gasteiger partial charge in [0.15, 0.2) is 0 Å². The average molecular weight is 294 g/mol. The van der Waals surface area contributed by atoms with Gasteiger partial charge >= 0.3 is 0 Å². The summed E-state index contributed by atoms with van der Waals surface area (Å²) in [6.45, 7) is 2.81. The molecule has 1 aliphatic heterocycles. The molecule has 20 heavy (non-hydrogen) atoms. The van der Waals surface area contributed by atoms with Crippen molar-refractivity contribution >= 4 is 17.7 Å². The molecule has 4 nitrogen and oxygen atoms in total. The minimum atomic E-state index is 0.0794. The topological polar surface area (TPSA) is 50.4 Å². The van der Waals surface area contributed by atoms with Crippen LogP contribution in [0.4, 0.5) is 0 Å². The second kappa shape index (κ2) is 8.29. The predicted octanol–water partition coefficient (Wildman–Crippen LogP) is 1.62. The van der Waals surface area contributed by atoms with Gasteiger partial charge in [-0.2, -0.15) is 0 Å². The van der Waals surface area contributed by atoms with Crippen molar-refractivity contribution in [1.29, 1.82) is 0 Å². The second-order valence-electron chi connectivity index (χ2n) is 4.84. The van der Waals surface area contributed by atoms with E-state index in [2.05, 4.69) is 34.9 Å². The number of benzene rings is 1. The first-order chi connectivity index (χ1) is 9.81. The lowest BCUT2D eigenvalue weighted by Crippen LogP contribution is -2.31. The molecule has 1 aliphatic rings. The zero-order valence-electron chi connectivity index (χ0n) is 11.9. The van der Waals surface area contributed by atoms with Crippen molar-refractivity contribution in [1.82, 2.24) is 10.6 Å². The summed E-state index contributed by atoms with van der Waals surface area (Å²) in [5.74, 6) is 1.77. The van der Waals surface area contributed by atoms with Crippen molar-refractivity contribution in [3.63, 3.8) is 0 Å². The minimum Gasteiger partial charge on any atom is -0.383 e. The molecular weight excluding hydrogens is 272 g/mol. The highest BCUT2D eigenvalue weighted by atomic mass is 32.2. The molecule has 0 radical (unpaired) electrons. The number of hydrogen-bond acceptors (Lipinski definition) is 4. The Labute approximate surface area is 124 Å². The summed E-state index contributed by atoms with van der Waals surface area (Å²) in [6.07, 6.45) is 0.519. The van der Waals surface area contributed by atoms with Crippen molar-refractivity contribution in [2.45, 2.75) is 17.2 Å². The van der Waals surface area contributed by atoms with E-state index < -0.39 is 0 Å². The number of fused-ring (bicyclic) bond motifs is 1. The Kier molecular flexibility index (Phi) is 6.36. The normalized spacial score (nSPS) is 16.9. The van der Waals surface area contributed by atoms with Gasteiger partial charge in [-0.25, -0.2) is 0 Å². The van der Waals surface area contributed by atoms with Gasteiger partial charge in [0.2, 0.25) is 5.91 Å². The zero-order valence-corrected chi connectivity index (χ0v) is 12.7. The van der Waals surface area contributed by atoms with Gasteiger partial charge in [0, 0.05) is 49.7 Å². The predicted molar refractivity (Wildman–Crippen MR) is 82.3 cm³/mol. The minimum absolute atomic E-state index is 0.0794. The number of hydrogen-bond donors (Lipinski definition) is 2. The van der Waals surface area contributed by atoms with Gasteiger partial charge in [0.05, 0.1) is 6.61 Å². The Morgan fingerprint density at radius 2 is 2.25 bits per heavy atom. The molecule has 0 aliphatic carbocycles. The van der Waals surface area contributed by atoms with Gasteiger partial charge in [0.25, 0.3) is 0 Å². The smallest absolute Gasteiger partial charge is 0.221 e. The number of rotatable bonds is 8. The lowest BCUT2D eigenvalue weighted by molar-refractivity contribution is -0.121. The van der Waals surface area contributed by atoms with Crippen LogP contribution in [0.1, 0.15) is 17.9 Å². The van der Waals surface area contributed by atoms with Crippen molar-refractivity contribution in [2.24, 2.45) is 0 Å². The maximum absolute atomic E-state index is 11.5. The van der Waals surface area contributed by atoms with E-state index in [4.69, 9.17) is 4.74 Å². The van der Waals surface area contributed by atoms with Crippen LogP contribution in [0, 0.1) is 0 Å². The largest absolute Gasteiger partial charge is 0.383 e. The maximum Gasteiger partial charge on any atom is 0.221 e. The van der Waals surface area contributed by atoms with E-state index in [9.17, 15) is 4.79 Å². The van der Waals surface area contributed by atoms with Crippen LogP contribution < -0.4 is 10.6 Å². The summed E-state index contributed by atoms with van der Waals surface area (Å²) in [5.41, 5.74) is 1.44. The molecule has 0 saturated heterocycles. The van der Waals surface area contributed by atoms with Gasteiger partial charge in [-0.3, -0.25) is 4.79 Å². The van der Waals surface area contributed by atoms with Crippen LogP contribution in [-0.2, 0) is 9.53 Å². The first kappa shape index (κ1) is 15.4. The number of ether oxygens (including phenoxy) is 1. The van der Waals surface area contributed by atoms with E-state index in [0.29, 0.717) is 25.5 Å². The zero-order chi connectivity index (χ0) is 14.2. The summed E-state index contributed by atoms with van der Waals surface area (Å²) in [6, 6.07) is 8.58. The molecule has 0 saturated carbocycles. The number of methoxy groups -OCH3 is 1. The van der Waals surface area contributed by atoms with E-state index in [1.807, 2.05) is 11.8 Å². The Morgan fingerprint density at radius 3 is 3.10 bits per heavy atom. The van der Waals surface area contributed by atoms with Crippen LogP contribution >= 0.6 is 11.8 Å². The third kappa shape index (κ3) is 4.51. The first-order valence-corrected chi connectivity index (χ1v) is 7.98. The van der Waals surface area contributed by atoms with Gasteiger partial charge in [-0.1, -0.05) is 18.2 Å². The first-order valence-electron chi connectivity index (χ1n) is 6.99. The molecule has 1 aromatic carbocycles. The van der Waals surface area contributed by atoms with E-state index in [-0.39, 0.29) is 5.91 Å². The van der Waals surface area contributed by atoms with Crippen LogP contribution in [-0.4, -0.2) is 45.0 Å². The highest BCUT2D eigenvalue weighted by Crippen LogP contribution is 2.38. The molecule has 2 N–H and O–H groups in total. The van der Waals surface area contributed by atoms with E-state index in [1.54, 1.807) is 7.11 Å². The summed E-state index contributed by atoms with van der Waals surface area (Å²) in [4.78, 5) is 12.9. The lowest BCUT2D eigenvalue weighted by atomic mass is 10.0. The third-order valence-electron chi connectivity index (χ3n) is 3.35. The number of thioether (sulfide) groups is 1. The van der Waals surface area contributed by atoms with E-state index >= 15 is 0 Å². The quantitative estimate of drug-likeness (QED) is 0.715. The fraction of sp³-hybridized carbons (Fsp3) is 0.533. The average Bonchev–Trinajstić information content (AvgIpc) is 2.87. The standard InChI is InChI=1S/C15H22N2O2S/c1-19-9-8-17-15(18)6-7-16-10-12-11-20-14-5-3-2-4-13(12)14/h2-5,12,16H,6-11H2,1H3,(H,17,18). The molecule has 1 unspecified atom stereocenters. The molecule has 0 fully saturated rings. The Hall–Kier alpha value is -1.04. The van der Waals surface area contributed by atoms with Crippen LogP contribution in [0.25, 0.3) is 0 Å². The number of carbonyl (C=O) groups excluding carboxylic acids is 1. The molecule has 1 amide bonds. The van der Waals surface area contributed by atoms with Crippen molar-refractivity contribution in [2.75, 3.05) is 39.1 Å². The van der Waals surface area contributed by atoms with Gasteiger partial charge in [0.1, 0.15) is 0 Å². The molecule has 2 rings (SSSR count). The highest BCUT2D eigenvalue weighted by Gasteiger charge is 2.21. The van der Waals surface area contributed by atoms with Crippen LogP contribution in [0.3, 0.4) is 0 Å². The molecule has 5 heteroatoms. The van der Waals surface area contributed by atoms with Crippen LogP contribution in [0.15, 0.2) is 29.2 Å². The molecule has 110 valence electrons. The van der Waals surface area contributed by atoms with E-state index in [1.165, 1.54) is 10.5 Å². The summed E-state index contributed by atoms with van der Waals surface area (Å²) >= 11 is 1.92. The fourth-order valence-electron chi connectivity index (χ4n) is 2.26. The summed E-state index contributed by atoms with van der Waals surface area (Å²) in [5, 5.41) is 6.20. The summed E-state index contributed by atoms with van der Waals surface area (Å²) in [7, 11) is 1.63. The molecule has 1 atom stereocenters. The molecule has 0 aromatic heterocycles. The molecule has 0 spiro atoms. The SMILES string of the molecule is COCCNC(=O)CCNCC1CSc2ccccc21. The molecule has 0 bridgehead atoms. The fourth-order valence-corrected chi connectivity index (χ4v) is 3.51. The molecule has 1 heterocycles. The lowest BCUT2D eigenvalue weighted by Gasteiger charge is -2.12. The van der Waals surface area contributed by atoms with Gasteiger partial charge in [-0.05, 0) is 11.6 Å². The second-order valence-corrected chi connectivity index (χ2v) is 5.90. The Bertz CT molecular complexity index is 440. The monoisotopic (exact) mass is 294 g/mol. The maximum atomic E-state index is 11.5.